The number of carbonyl (C=O) groups excluding carboxylic acids is 1. The second kappa shape index (κ2) is 6.91. The van der Waals surface area contributed by atoms with Gasteiger partial charge in [0.2, 0.25) is 5.91 Å². The summed E-state index contributed by atoms with van der Waals surface area (Å²) >= 11 is 6.02. The van der Waals surface area contributed by atoms with Gasteiger partial charge < -0.3 is 15.2 Å². The maximum absolute atomic E-state index is 12.4. The lowest BCUT2D eigenvalue weighted by Gasteiger charge is -2.21. The number of nitrogens with one attached hydrogen (secondary N) is 1. The van der Waals surface area contributed by atoms with E-state index in [9.17, 15) is 9.59 Å². The van der Waals surface area contributed by atoms with Gasteiger partial charge in [0.05, 0.1) is 18.4 Å². The molecule has 114 valence electrons. The van der Waals surface area contributed by atoms with Crippen molar-refractivity contribution in [1.29, 1.82) is 0 Å². The minimum Gasteiger partial charge on any atom is -0.481 e. The van der Waals surface area contributed by atoms with Crippen LogP contribution in [0.1, 0.15) is 24.8 Å². The zero-order valence-corrected chi connectivity index (χ0v) is 12.5. The highest BCUT2D eigenvalue weighted by molar-refractivity contribution is 6.31. The van der Waals surface area contributed by atoms with E-state index in [0.717, 1.165) is 12.0 Å². The fraction of sp³-hybridized carbons (Fsp3) is 0.467. The van der Waals surface area contributed by atoms with E-state index in [1.807, 2.05) is 0 Å². The summed E-state index contributed by atoms with van der Waals surface area (Å²) in [6.07, 6.45) is 0.987. The SMILES string of the molecule is Cc1c(Cl)cccc1NC(=O)[C@@H](CC(=O)O)[C@H]1CCCO1. The monoisotopic (exact) mass is 311 g/mol. The molecule has 1 amide bonds. The molecular weight excluding hydrogens is 294 g/mol. The van der Waals surface area contributed by atoms with E-state index < -0.39 is 11.9 Å². The lowest BCUT2D eigenvalue weighted by molar-refractivity contribution is -0.142. The Balaban J connectivity index is 2.14. The summed E-state index contributed by atoms with van der Waals surface area (Å²) in [5.41, 5.74) is 1.36. The van der Waals surface area contributed by atoms with Gasteiger partial charge in [0.15, 0.2) is 0 Å². The van der Waals surface area contributed by atoms with Crippen molar-refractivity contribution in [3.8, 4) is 0 Å². The molecule has 0 spiro atoms. The lowest BCUT2D eigenvalue weighted by atomic mass is 9.95. The van der Waals surface area contributed by atoms with Crippen molar-refractivity contribution in [3.05, 3.63) is 28.8 Å². The fourth-order valence-corrected chi connectivity index (χ4v) is 2.64. The lowest BCUT2D eigenvalue weighted by Crippen LogP contribution is -2.34. The first-order valence-corrected chi connectivity index (χ1v) is 7.26. The van der Waals surface area contributed by atoms with E-state index in [2.05, 4.69) is 5.32 Å². The number of anilines is 1. The van der Waals surface area contributed by atoms with Gasteiger partial charge in [-0.25, -0.2) is 0 Å². The van der Waals surface area contributed by atoms with Crippen molar-refractivity contribution in [2.24, 2.45) is 5.92 Å². The molecule has 0 aromatic heterocycles. The van der Waals surface area contributed by atoms with E-state index >= 15 is 0 Å². The van der Waals surface area contributed by atoms with Crippen LogP contribution in [0.5, 0.6) is 0 Å². The topological polar surface area (TPSA) is 75.6 Å². The molecule has 6 heteroatoms. The summed E-state index contributed by atoms with van der Waals surface area (Å²) in [5.74, 6) is -2.04. The summed E-state index contributed by atoms with van der Waals surface area (Å²) in [4.78, 5) is 23.4. The standard InChI is InChI=1S/C15H18ClNO4/c1-9-11(16)4-2-5-12(9)17-15(20)10(8-14(18)19)13-6-3-7-21-13/h2,4-5,10,13H,3,6-8H2,1H3,(H,17,20)(H,18,19)/t10-,13+/m0/s1. The third kappa shape index (κ3) is 3.95. The zero-order chi connectivity index (χ0) is 15.4. The molecule has 0 aliphatic carbocycles. The Labute approximate surface area is 128 Å². The van der Waals surface area contributed by atoms with Crippen LogP contribution < -0.4 is 5.32 Å². The number of ether oxygens (including phenoxy) is 1. The first kappa shape index (κ1) is 15.8. The molecule has 5 nitrogen and oxygen atoms in total. The molecule has 1 aliphatic rings. The average molecular weight is 312 g/mol. The molecule has 1 fully saturated rings. The Morgan fingerprint density at radius 1 is 1.52 bits per heavy atom. The van der Waals surface area contributed by atoms with Gasteiger partial charge in [0.25, 0.3) is 0 Å². The minimum absolute atomic E-state index is 0.240. The van der Waals surface area contributed by atoms with E-state index in [1.165, 1.54) is 0 Å². The molecule has 1 saturated heterocycles. The van der Waals surface area contributed by atoms with Crippen molar-refractivity contribution in [3.63, 3.8) is 0 Å². The Morgan fingerprint density at radius 3 is 2.90 bits per heavy atom. The van der Waals surface area contributed by atoms with E-state index in [4.69, 9.17) is 21.4 Å². The number of benzene rings is 1. The van der Waals surface area contributed by atoms with Crippen LogP contribution in [0.15, 0.2) is 18.2 Å². The summed E-state index contributed by atoms with van der Waals surface area (Å²) < 4.78 is 5.48. The average Bonchev–Trinajstić information content (AvgIpc) is 2.94. The zero-order valence-electron chi connectivity index (χ0n) is 11.8. The molecule has 2 N–H and O–H groups in total. The maximum Gasteiger partial charge on any atom is 0.304 e. The van der Waals surface area contributed by atoms with Crippen LogP contribution in [0, 0.1) is 12.8 Å². The molecule has 0 saturated carbocycles. The third-order valence-corrected chi connectivity index (χ3v) is 4.08. The molecule has 21 heavy (non-hydrogen) atoms. The molecule has 1 aromatic rings. The van der Waals surface area contributed by atoms with Crippen molar-refractivity contribution < 1.29 is 19.4 Å². The summed E-state index contributed by atoms with van der Waals surface area (Å²) in [6.45, 7) is 2.38. The quantitative estimate of drug-likeness (QED) is 0.876. The number of hydrogen-bond acceptors (Lipinski definition) is 3. The molecule has 1 aromatic carbocycles. The summed E-state index contributed by atoms with van der Waals surface area (Å²) in [7, 11) is 0. The van der Waals surface area contributed by atoms with E-state index in [0.29, 0.717) is 23.7 Å². The second-order valence-electron chi connectivity index (χ2n) is 5.16. The van der Waals surface area contributed by atoms with Crippen LogP contribution in [0.3, 0.4) is 0 Å². The van der Waals surface area contributed by atoms with E-state index in [1.54, 1.807) is 25.1 Å². The fourth-order valence-electron chi connectivity index (χ4n) is 2.47. The molecule has 0 bridgehead atoms. The van der Waals surface area contributed by atoms with Gasteiger partial charge in [-0.1, -0.05) is 17.7 Å². The smallest absolute Gasteiger partial charge is 0.304 e. The molecule has 0 radical (unpaired) electrons. The first-order chi connectivity index (χ1) is 9.99. The highest BCUT2D eigenvalue weighted by atomic mass is 35.5. The number of halogens is 1. The highest BCUT2D eigenvalue weighted by Crippen LogP contribution is 2.27. The van der Waals surface area contributed by atoms with Crippen LogP contribution in [-0.4, -0.2) is 29.7 Å². The van der Waals surface area contributed by atoms with Gasteiger partial charge in [0.1, 0.15) is 0 Å². The highest BCUT2D eigenvalue weighted by Gasteiger charge is 2.33. The van der Waals surface area contributed by atoms with Crippen molar-refractivity contribution in [2.75, 3.05) is 11.9 Å². The number of carboxylic acids is 1. The molecule has 0 unspecified atom stereocenters. The van der Waals surface area contributed by atoms with Crippen LogP contribution in [0.25, 0.3) is 0 Å². The minimum atomic E-state index is -1.01. The maximum atomic E-state index is 12.4. The molecule has 1 heterocycles. The van der Waals surface area contributed by atoms with Gasteiger partial charge in [-0.05, 0) is 37.5 Å². The third-order valence-electron chi connectivity index (χ3n) is 3.67. The van der Waals surface area contributed by atoms with Crippen LogP contribution >= 0.6 is 11.6 Å². The Bertz CT molecular complexity index is 540. The van der Waals surface area contributed by atoms with Crippen molar-refractivity contribution >= 4 is 29.2 Å². The number of amides is 1. The Morgan fingerprint density at radius 2 is 2.29 bits per heavy atom. The van der Waals surface area contributed by atoms with Crippen molar-refractivity contribution in [1.82, 2.24) is 0 Å². The Kier molecular flexibility index (Phi) is 5.20. The Hall–Kier alpha value is -1.59. The number of hydrogen-bond donors (Lipinski definition) is 2. The molecular formula is C15H18ClNO4. The van der Waals surface area contributed by atoms with E-state index in [-0.39, 0.29) is 18.4 Å². The first-order valence-electron chi connectivity index (χ1n) is 6.88. The van der Waals surface area contributed by atoms with Gasteiger partial charge in [0, 0.05) is 17.3 Å². The van der Waals surface area contributed by atoms with Gasteiger partial charge in [-0.3, -0.25) is 9.59 Å². The molecule has 2 atom stereocenters. The normalized spacial score (nSPS) is 19.2. The predicted molar refractivity (Wildman–Crippen MR) is 79.5 cm³/mol. The van der Waals surface area contributed by atoms with Crippen molar-refractivity contribution in [2.45, 2.75) is 32.3 Å². The van der Waals surface area contributed by atoms with Gasteiger partial charge in [-0.2, -0.15) is 0 Å². The largest absolute Gasteiger partial charge is 0.481 e. The summed E-state index contributed by atoms with van der Waals surface area (Å²) in [5, 5.41) is 12.3. The van der Waals surface area contributed by atoms with Crippen LogP contribution in [0.4, 0.5) is 5.69 Å². The van der Waals surface area contributed by atoms with Gasteiger partial charge >= 0.3 is 5.97 Å². The number of carboxylic acid groups (broad SMARTS) is 1. The second-order valence-corrected chi connectivity index (χ2v) is 5.56. The summed E-state index contributed by atoms with van der Waals surface area (Å²) in [6, 6.07) is 5.22. The predicted octanol–water partition coefficient (Wildman–Crippen LogP) is 2.86. The number of carbonyl (C=O) groups is 2. The van der Waals surface area contributed by atoms with Crippen LogP contribution in [0.2, 0.25) is 5.02 Å². The number of rotatable bonds is 5. The molecule has 1 aliphatic heterocycles. The number of aliphatic carboxylic acids is 1. The molecule has 2 rings (SSSR count). The van der Waals surface area contributed by atoms with Gasteiger partial charge in [-0.15, -0.1) is 0 Å². The van der Waals surface area contributed by atoms with Crippen LogP contribution in [-0.2, 0) is 14.3 Å².